The van der Waals surface area contributed by atoms with Gasteiger partial charge in [-0.1, -0.05) is 25.0 Å². The van der Waals surface area contributed by atoms with Gasteiger partial charge in [0.25, 0.3) is 5.91 Å². The summed E-state index contributed by atoms with van der Waals surface area (Å²) >= 11 is 0. The van der Waals surface area contributed by atoms with Crippen LogP contribution in [-0.4, -0.2) is 58.1 Å². The molecule has 1 atom stereocenters. The van der Waals surface area contributed by atoms with Gasteiger partial charge in [-0.2, -0.15) is 4.31 Å². The zero-order valence-electron chi connectivity index (χ0n) is 18.1. The van der Waals surface area contributed by atoms with Gasteiger partial charge in [-0.15, -0.1) is 0 Å². The first-order valence-corrected chi connectivity index (χ1v) is 12.3. The minimum absolute atomic E-state index is 0.0146. The summed E-state index contributed by atoms with van der Waals surface area (Å²) in [5.41, 5.74) is 0.247. The molecule has 2 aliphatic rings. The molecule has 2 aromatic rings. The first-order valence-electron chi connectivity index (χ1n) is 10.8. The quantitative estimate of drug-likeness (QED) is 0.713. The van der Waals surface area contributed by atoms with E-state index in [1.165, 1.54) is 23.5 Å². The van der Waals surface area contributed by atoms with Crippen LogP contribution in [0, 0.1) is 0 Å². The second-order valence-electron chi connectivity index (χ2n) is 7.89. The Morgan fingerprint density at radius 1 is 1.09 bits per heavy atom. The third-order valence-electron chi connectivity index (χ3n) is 5.67. The second-order valence-corrected chi connectivity index (χ2v) is 9.80. The normalized spacial score (nSPS) is 19.1. The first kappa shape index (κ1) is 22.4. The fourth-order valence-electron chi connectivity index (χ4n) is 3.91. The second kappa shape index (κ2) is 9.79. The van der Waals surface area contributed by atoms with E-state index in [2.05, 4.69) is 5.32 Å². The van der Waals surface area contributed by atoms with Crippen LogP contribution in [0.25, 0.3) is 0 Å². The van der Waals surface area contributed by atoms with E-state index in [9.17, 15) is 13.2 Å². The number of methoxy groups -OCH3 is 1. The standard InChI is InChI=1S/C23H28N2O6S/c1-29-21-11-10-17(14-22(21)32(27,28)25-12-6-2-3-7-13-25)23(26)24-15-18-16-30-19-8-4-5-9-20(19)31-18/h4-5,8-11,14,18H,2-3,6-7,12-13,15-16H2,1H3,(H,24,26)/t18-/m1/s1. The summed E-state index contributed by atoms with van der Waals surface area (Å²) in [6, 6.07) is 11.8. The Bertz CT molecular complexity index is 1060. The van der Waals surface area contributed by atoms with Crippen LogP contribution in [0.1, 0.15) is 36.0 Å². The van der Waals surface area contributed by atoms with E-state index in [1.807, 2.05) is 24.3 Å². The van der Waals surface area contributed by atoms with Crippen molar-refractivity contribution < 1.29 is 27.4 Å². The number of fused-ring (bicyclic) bond motifs is 1. The largest absolute Gasteiger partial charge is 0.495 e. The minimum Gasteiger partial charge on any atom is -0.495 e. The number of benzene rings is 2. The highest BCUT2D eigenvalue weighted by atomic mass is 32.2. The molecule has 0 aromatic heterocycles. The lowest BCUT2D eigenvalue weighted by Crippen LogP contribution is -2.40. The van der Waals surface area contributed by atoms with Crippen LogP contribution in [0.5, 0.6) is 17.2 Å². The van der Waals surface area contributed by atoms with Crippen LogP contribution in [0.2, 0.25) is 0 Å². The molecule has 0 unspecified atom stereocenters. The Morgan fingerprint density at radius 2 is 1.81 bits per heavy atom. The molecule has 8 nitrogen and oxygen atoms in total. The molecule has 4 rings (SSSR count). The minimum atomic E-state index is -3.77. The summed E-state index contributed by atoms with van der Waals surface area (Å²) in [6.07, 6.45) is 3.35. The molecule has 0 aliphatic carbocycles. The average molecular weight is 461 g/mol. The lowest BCUT2D eigenvalue weighted by molar-refractivity contribution is 0.0789. The molecule has 2 heterocycles. The topological polar surface area (TPSA) is 94.2 Å². The summed E-state index contributed by atoms with van der Waals surface area (Å²) in [7, 11) is -2.34. The van der Waals surface area contributed by atoms with Crippen LogP contribution >= 0.6 is 0 Å². The summed E-state index contributed by atoms with van der Waals surface area (Å²) in [5.74, 6) is 1.15. The highest BCUT2D eigenvalue weighted by Gasteiger charge is 2.29. The van der Waals surface area contributed by atoms with E-state index < -0.39 is 10.0 Å². The van der Waals surface area contributed by atoms with E-state index in [1.54, 1.807) is 6.07 Å². The number of hydrogen-bond donors (Lipinski definition) is 1. The molecule has 9 heteroatoms. The van der Waals surface area contributed by atoms with Crippen molar-refractivity contribution in [3.05, 3.63) is 48.0 Å². The van der Waals surface area contributed by atoms with Crippen LogP contribution in [0.15, 0.2) is 47.4 Å². The van der Waals surface area contributed by atoms with Gasteiger partial charge < -0.3 is 19.5 Å². The SMILES string of the molecule is COc1ccc(C(=O)NC[C@@H]2COc3ccccc3O2)cc1S(=O)(=O)N1CCCCCC1. The molecule has 0 spiro atoms. The highest BCUT2D eigenvalue weighted by molar-refractivity contribution is 7.89. The molecular weight excluding hydrogens is 432 g/mol. The van der Waals surface area contributed by atoms with Gasteiger partial charge in [-0.25, -0.2) is 8.42 Å². The summed E-state index contributed by atoms with van der Waals surface area (Å²) in [4.78, 5) is 12.8. The van der Waals surface area contributed by atoms with Crippen LogP contribution < -0.4 is 19.5 Å². The van der Waals surface area contributed by atoms with Gasteiger partial charge in [0.15, 0.2) is 11.5 Å². The van der Waals surface area contributed by atoms with Gasteiger partial charge in [0.05, 0.1) is 13.7 Å². The molecule has 1 fully saturated rings. The van der Waals surface area contributed by atoms with Gasteiger partial charge in [0.1, 0.15) is 23.4 Å². The Hall–Kier alpha value is -2.78. The van der Waals surface area contributed by atoms with E-state index in [0.717, 1.165) is 25.7 Å². The number of nitrogens with zero attached hydrogens (tertiary/aromatic N) is 1. The lowest BCUT2D eigenvalue weighted by atomic mass is 10.2. The first-order chi connectivity index (χ1) is 15.5. The van der Waals surface area contributed by atoms with E-state index in [0.29, 0.717) is 31.2 Å². The van der Waals surface area contributed by atoms with Crippen molar-refractivity contribution in [2.75, 3.05) is 33.4 Å². The van der Waals surface area contributed by atoms with E-state index >= 15 is 0 Å². The highest BCUT2D eigenvalue weighted by Crippen LogP contribution is 2.31. The number of sulfonamides is 1. The summed E-state index contributed by atoms with van der Waals surface area (Å²) < 4.78 is 44.9. The number of nitrogens with one attached hydrogen (secondary N) is 1. The van der Waals surface area contributed by atoms with Gasteiger partial charge >= 0.3 is 0 Å². The van der Waals surface area contributed by atoms with Crippen molar-refractivity contribution in [1.29, 1.82) is 0 Å². The molecule has 1 amide bonds. The number of ether oxygens (including phenoxy) is 3. The summed E-state index contributed by atoms with van der Waals surface area (Å²) in [5, 5.41) is 2.81. The molecule has 1 N–H and O–H groups in total. The molecule has 172 valence electrons. The van der Waals surface area contributed by atoms with Crippen molar-refractivity contribution in [2.45, 2.75) is 36.7 Å². The third kappa shape index (κ3) is 4.83. The smallest absolute Gasteiger partial charge is 0.251 e. The Morgan fingerprint density at radius 3 is 2.53 bits per heavy atom. The van der Waals surface area contributed by atoms with E-state index in [-0.39, 0.29) is 34.8 Å². The fraction of sp³-hybridized carbons (Fsp3) is 0.435. The molecule has 0 saturated carbocycles. The van der Waals surface area contributed by atoms with Crippen LogP contribution in [0.3, 0.4) is 0 Å². The Labute approximate surface area is 188 Å². The molecule has 1 saturated heterocycles. The predicted octanol–water partition coefficient (Wildman–Crippen LogP) is 2.83. The number of carbonyl (C=O) groups excluding carboxylic acids is 1. The monoisotopic (exact) mass is 460 g/mol. The molecule has 0 bridgehead atoms. The number of hydrogen-bond acceptors (Lipinski definition) is 6. The van der Waals surface area contributed by atoms with Crippen molar-refractivity contribution in [3.8, 4) is 17.2 Å². The van der Waals surface area contributed by atoms with E-state index in [4.69, 9.17) is 14.2 Å². The predicted molar refractivity (Wildman–Crippen MR) is 119 cm³/mol. The molecule has 2 aliphatic heterocycles. The molecule has 2 aromatic carbocycles. The van der Waals surface area contributed by atoms with Gasteiger partial charge in [0, 0.05) is 18.7 Å². The molecule has 0 radical (unpaired) electrons. The number of rotatable bonds is 6. The maximum atomic E-state index is 13.3. The number of para-hydroxylation sites is 2. The lowest BCUT2D eigenvalue weighted by Gasteiger charge is -2.26. The Kier molecular flexibility index (Phi) is 6.86. The Balaban J connectivity index is 1.47. The third-order valence-corrected chi connectivity index (χ3v) is 7.59. The van der Waals surface area contributed by atoms with Gasteiger partial charge in [-0.05, 0) is 43.2 Å². The maximum absolute atomic E-state index is 13.3. The zero-order chi connectivity index (χ0) is 22.6. The van der Waals surface area contributed by atoms with Crippen LogP contribution in [-0.2, 0) is 10.0 Å². The maximum Gasteiger partial charge on any atom is 0.251 e. The van der Waals surface area contributed by atoms with Gasteiger partial charge in [0.2, 0.25) is 10.0 Å². The fourth-order valence-corrected chi connectivity index (χ4v) is 5.61. The van der Waals surface area contributed by atoms with Crippen molar-refractivity contribution in [3.63, 3.8) is 0 Å². The van der Waals surface area contributed by atoms with Crippen LogP contribution in [0.4, 0.5) is 0 Å². The average Bonchev–Trinajstić information content (AvgIpc) is 3.12. The zero-order valence-corrected chi connectivity index (χ0v) is 18.9. The van der Waals surface area contributed by atoms with Crippen molar-refractivity contribution >= 4 is 15.9 Å². The number of carbonyl (C=O) groups is 1. The molecular formula is C23H28N2O6S. The van der Waals surface area contributed by atoms with Crippen molar-refractivity contribution in [2.24, 2.45) is 0 Å². The molecule has 32 heavy (non-hydrogen) atoms. The summed E-state index contributed by atoms with van der Waals surface area (Å²) in [6.45, 7) is 1.49. The van der Waals surface area contributed by atoms with Crippen molar-refractivity contribution in [1.82, 2.24) is 9.62 Å². The van der Waals surface area contributed by atoms with Gasteiger partial charge in [-0.3, -0.25) is 4.79 Å². The number of amides is 1.